The molecule has 218 valence electrons. The zero-order valence-electron chi connectivity index (χ0n) is 23.6. The summed E-state index contributed by atoms with van der Waals surface area (Å²) in [6.07, 6.45) is 0.204. The van der Waals surface area contributed by atoms with Gasteiger partial charge in [-0.2, -0.15) is 0 Å². The summed E-state index contributed by atoms with van der Waals surface area (Å²) in [5.74, 6) is -1.81. The molecule has 0 spiro atoms. The molecule has 42 heavy (non-hydrogen) atoms. The molecule has 0 aromatic heterocycles. The number of amides is 2. The lowest BCUT2D eigenvalue weighted by Crippen LogP contribution is -2.53. The van der Waals surface area contributed by atoms with Gasteiger partial charge in [-0.25, -0.2) is 12.8 Å². The van der Waals surface area contributed by atoms with Crippen LogP contribution >= 0.6 is 0 Å². The topological polar surface area (TPSA) is 86.8 Å². The molecule has 0 saturated carbocycles. The molecule has 0 aliphatic rings. The highest BCUT2D eigenvalue weighted by Crippen LogP contribution is 2.27. The molecule has 7 nitrogen and oxygen atoms in total. The molecule has 9 heteroatoms. The van der Waals surface area contributed by atoms with Gasteiger partial charge in [-0.3, -0.25) is 13.9 Å². The number of benzene rings is 4. The quantitative estimate of drug-likeness (QED) is 0.250. The average molecular weight is 588 g/mol. The zero-order valence-corrected chi connectivity index (χ0v) is 24.4. The molecule has 0 aliphatic carbocycles. The number of carbonyl (C=O) groups excluding carboxylic acids is 2. The van der Waals surface area contributed by atoms with Crippen molar-refractivity contribution in [1.82, 2.24) is 10.2 Å². The first-order valence-electron chi connectivity index (χ1n) is 13.7. The van der Waals surface area contributed by atoms with Crippen molar-refractivity contribution in [3.63, 3.8) is 0 Å². The molecule has 4 aromatic rings. The number of para-hydroxylation sites is 1. The maximum Gasteiger partial charge on any atom is 0.264 e. The lowest BCUT2D eigenvalue weighted by Gasteiger charge is -2.34. The molecule has 0 heterocycles. The SMILES string of the molecule is CCNC(=O)[C@H](Cc1ccccc1)N(Cc1cccc(C)c1)C(=O)CN(c1ccccc1F)S(=O)(=O)c1ccccc1. The number of halogens is 1. The fourth-order valence-electron chi connectivity index (χ4n) is 4.74. The smallest absolute Gasteiger partial charge is 0.264 e. The van der Waals surface area contributed by atoms with Crippen molar-refractivity contribution in [3.05, 3.63) is 132 Å². The second kappa shape index (κ2) is 13.9. The van der Waals surface area contributed by atoms with E-state index in [1.807, 2.05) is 61.5 Å². The van der Waals surface area contributed by atoms with Crippen molar-refractivity contribution in [2.75, 3.05) is 17.4 Å². The zero-order chi connectivity index (χ0) is 30.1. The van der Waals surface area contributed by atoms with Crippen LogP contribution in [0.1, 0.15) is 23.6 Å². The van der Waals surface area contributed by atoms with Crippen LogP contribution in [-0.2, 0) is 32.6 Å². The van der Waals surface area contributed by atoms with E-state index < -0.39 is 34.3 Å². The average Bonchev–Trinajstić information content (AvgIpc) is 2.99. The lowest BCUT2D eigenvalue weighted by atomic mass is 10.0. The fraction of sp³-hybridized carbons (Fsp3) is 0.212. The number of nitrogens with one attached hydrogen (secondary N) is 1. The second-order valence-electron chi connectivity index (χ2n) is 9.89. The van der Waals surface area contributed by atoms with Crippen LogP contribution in [0.15, 0.2) is 114 Å². The van der Waals surface area contributed by atoms with E-state index in [-0.39, 0.29) is 29.5 Å². The van der Waals surface area contributed by atoms with Crippen molar-refractivity contribution < 1.29 is 22.4 Å². The van der Waals surface area contributed by atoms with Gasteiger partial charge in [0, 0.05) is 19.5 Å². The predicted octanol–water partition coefficient (Wildman–Crippen LogP) is 5.11. The van der Waals surface area contributed by atoms with Crippen LogP contribution in [0.5, 0.6) is 0 Å². The third-order valence-electron chi connectivity index (χ3n) is 6.79. The largest absolute Gasteiger partial charge is 0.355 e. The molecule has 0 unspecified atom stereocenters. The highest BCUT2D eigenvalue weighted by Gasteiger charge is 2.35. The molecule has 0 aliphatic heterocycles. The van der Waals surface area contributed by atoms with Crippen molar-refractivity contribution in [1.29, 1.82) is 0 Å². The van der Waals surface area contributed by atoms with Crippen LogP contribution in [0.2, 0.25) is 0 Å². The highest BCUT2D eigenvalue weighted by atomic mass is 32.2. The van der Waals surface area contributed by atoms with E-state index in [4.69, 9.17) is 0 Å². The number of hydrogen-bond donors (Lipinski definition) is 1. The van der Waals surface area contributed by atoms with Gasteiger partial charge < -0.3 is 10.2 Å². The normalized spacial score (nSPS) is 11.9. The molecule has 1 atom stereocenters. The molecule has 1 N–H and O–H groups in total. The Morgan fingerprint density at radius 1 is 0.833 bits per heavy atom. The van der Waals surface area contributed by atoms with E-state index in [1.54, 1.807) is 25.1 Å². The maximum absolute atomic E-state index is 15.1. The Hall–Kier alpha value is -4.50. The number of hydrogen-bond acceptors (Lipinski definition) is 4. The van der Waals surface area contributed by atoms with Gasteiger partial charge >= 0.3 is 0 Å². The van der Waals surface area contributed by atoms with Gasteiger partial charge in [0.15, 0.2) is 0 Å². The number of likely N-dealkylation sites (N-methyl/N-ethyl adjacent to an activating group) is 1. The summed E-state index contributed by atoms with van der Waals surface area (Å²) in [6.45, 7) is 3.39. The minimum absolute atomic E-state index is 0.0473. The summed E-state index contributed by atoms with van der Waals surface area (Å²) >= 11 is 0. The number of carbonyl (C=O) groups is 2. The Morgan fingerprint density at radius 2 is 1.45 bits per heavy atom. The Balaban J connectivity index is 1.80. The Bertz CT molecular complexity index is 1610. The van der Waals surface area contributed by atoms with Crippen LogP contribution in [-0.4, -0.2) is 44.3 Å². The van der Waals surface area contributed by atoms with Crippen LogP contribution < -0.4 is 9.62 Å². The number of anilines is 1. The molecule has 4 aromatic carbocycles. The molecule has 0 saturated heterocycles. The Kier molecular flexibility index (Phi) is 10.1. The van der Waals surface area contributed by atoms with Crippen LogP contribution in [0.25, 0.3) is 0 Å². The van der Waals surface area contributed by atoms with E-state index in [0.29, 0.717) is 6.54 Å². The lowest BCUT2D eigenvalue weighted by molar-refractivity contribution is -0.140. The number of nitrogens with zero attached hydrogens (tertiary/aromatic N) is 2. The second-order valence-corrected chi connectivity index (χ2v) is 11.7. The van der Waals surface area contributed by atoms with Crippen LogP contribution in [0.4, 0.5) is 10.1 Å². The first-order valence-corrected chi connectivity index (χ1v) is 15.1. The summed E-state index contributed by atoms with van der Waals surface area (Å²) in [6, 6.07) is 28.9. The van der Waals surface area contributed by atoms with E-state index in [1.165, 1.54) is 35.2 Å². The minimum atomic E-state index is -4.35. The molecular formula is C33H34FN3O4S. The Morgan fingerprint density at radius 3 is 2.10 bits per heavy atom. The first kappa shape index (κ1) is 30.5. The highest BCUT2D eigenvalue weighted by molar-refractivity contribution is 7.92. The van der Waals surface area contributed by atoms with Gasteiger partial charge in [0.2, 0.25) is 11.8 Å². The van der Waals surface area contributed by atoms with E-state index >= 15 is 4.39 Å². The third-order valence-corrected chi connectivity index (χ3v) is 8.56. The van der Waals surface area contributed by atoms with Gasteiger partial charge in [-0.05, 0) is 49.2 Å². The minimum Gasteiger partial charge on any atom is -0.355 e. The summed E-state index contributed by atoms with van der Waals surface area (Å²) in [7, 11) is -4.35. The van der Waals surface area contributed by atoms with Gasteiger partial charge in [-0.15, -0.1) is 0 Å². The van der Waals surface area contributed by atoms with Crippen molar-refractivity contribution >= 4 is 27.5 Å². The molecule has 2 amide bonds. The van der Waals surface area contributed by atoms with Gasteiger partial charge in [0.25, 0.3) is 10.0 Å². The maximum atomic E-state index is 15.1. The molecule has 0 radical (unpaired) electrons. The predicted molar refractivity (Wildman–Crippen MR) is 162 cm³/mol. The number of aryl methyl sites for hydroxylation is 1. The molecule has 0 bridgehead atoms. The van der Waals surface area contributed by atoms with E-state index in [2.05, 4.69) is 5.32 Å². The van der Waals surface area contributed by atoms with Gasteiger partial charge in [0.05, 0.1) is 10.6 Å². The van der Waals surface area contributed by atoms with Crippen molar-refractivity contribution in [2.24, 2.45) is 0 Å². The molecule has 4 rings (SSSR count). The fourth-order valence-corrected chi connectivity index (χ4v) is 6.18. The van der Waals surface area contributed by atoms with Crippen molar-refractivity contribution in [2.45, 2.75) is 37.8 Å². The third kappa shape index (κ3) is 7.41. The summed E-state index contributed by atoms with van der Waals surface area (Å²) < 4.78 is 43.6. The van der Waals surface area contributed by atoms with Gasteiger partial charge in [0.1, 0.15) is 18.4 Å². The number of rotatable bonds is 12. The van der Waals surface area contributed by atoms with E-state index in [9.17, 15) is 18.0 Å². The van der Waals surface area contributed by atoms with E-state index in [0.717, 1.165) is 27.1 Å². The standard InChI is InChI=1S/C33H34FN3O4S/c1-3-35-33(39)31(22-26-14-6-4-7-15-26)36(23-27-16-12-13-25(2)21-27)32(38)24-37(30-20-11-10-19-29(30)34)42(40,41)28-17-8-5-9-18-28/h4-21,31H,3,22-24H2,1-2H3,(H,35,39)/t31-/m0/s1. The first-order chi connectivity index (χ1) is 20.2. The summed E-state index contributed by atoms with van der Waals surface area (Å²) in [5, 5.41) is 2.82. The van der Waals surface area contributed by atoms with Crippen LogP contribution in [0.3, 0.4) is 0 Å². The Labute approximate surface area is 246 Å². The number of sulfonamides is 1. The van der Waals surface area contributed by atoms with Gasteiger partial charge in [-0.1, -0.05) is 90.5 Å². The summed E-state index contributed by atoms with van der Waals surface area (Å²) in [5.41, 5.74) is 2.31. The summed E-state index contributed by atoms with van der Waals surface area (Å²) in [4.78, 5) is 29.0. The monoisotopic (exact) mass is 587 g/mol. The molecular weight excluding hydrogens is 553 g/mol. The van der Waals surface area contributed by atoms with Crippen molar-refractivity contribution in [3.8, 4) is 0 Å². The van der Waals surface area contributed by atoms with Crippen LogP contribution in [0, 0.1) is 12.7 Å². The molecule has 0 fully saturated rings.